The molecule has 1 aliphatic heterocycles. The van der Waals surface area contributed by atoms with Crippen molar-refractivity contribution in [3.8, 4) is 0 Å². The van der Waals surface area contributed by atoms with Gasteiger partial charge in [0.15, 0.2) is 0 Å². The van der Waals surface area contributed by atoms with Gasteiger partial charge >= 0.3 is 0 Å². The van der Waals surface area contributed by atoms with Gasteiger partial charge in [-0.2, -0.15) is 0 Å². The summed E-state index contributed by atoms with van der Waals surface area (Å²) in [6.45, 7) is 10.4. The molecule has 1 aromatic carbocycles. The molecule has 1 unspecified atom stereocenters. The molecule has 22 heavy (non-hydrogen) atoms. The predicted octanol–water partition coefficient (Wildman–Crippen LogP) is 3.25. The van der Waals surface area contributed by atoms with Crippen LogP contribution in [0.15, 0.2) is 30.3 Å². The van der Waals surface area contributed by atoms with E-state index in [1.165, 1.54) is 5.56 Å². The Morgan fingerprint density at radius 3 is 2.45 bits per heavy atom. The van der Waals surface area contributed by atoms with Crippen LogP contribution >= 0.6 is 11.8 Å². The second-order valence-corrected chi connectivity index (χ2v) is 7.62. The minimum atomic E-state index is -0.00601. The van der Waals surface area contributed by atoms with Crippen LogP contribution in [0.3, 0.4) is 0 Å². The van der Waals surface area contributed by atoms with Crippen molar-refractivity contribution in [1.29, 1.82) is 0 Å². The fourth-order valence-corrected chi connectivity index (χ4v) is 4.36. The Bertz CT molecular complexity index is 467. The van der Waals surface area contributed by atoms with Crippen LogP contribution in [0, 0.1) is 0 Å². The lowest BCUT2D eigenvalue weighted by atomic mass is 10.1. The number of amides is 1. The summed E-state index contributed by atoms with van der Waals surface area (Å²) in [5.74, 6) is 1.33. The van der Waals surface area contributed by atoms with Crippen LogP contribution in [0.4, 0.5) is 0 Å². The summed E-state index contributed by atoms with van der Waals surface area (Å²) in [4.78, 5) is 17.3. The Kier molecular flexibility index (Phi) is 6.33. The van der Waals surface area contributed by atoms with E-state index in [-0.39, 0.29) is 23.4 Å². The summed E-state index contributed by atoms with van der Waals surface area (Å²) < 4.78 is 0. The van der Waals surface area contributed by atoms with E-state index < -0.39 is 0 Å². The highest BCUT2D eigenvalue weighted by Crippen LogP contribution is 2.27. The number of carbonyl (C=O) groups excluding carboxylic acids is 1. The molecule has 0 aromatic heterocycles. The Balaban J connectivity index is 1.99. The topological polar surface area (TPSA) is 23.6 Å². The minimum absolute atomic E-state index is 0.00601. The number of carbonyl (C=O) groups is 1. The monoisotopic (exact) mass is 320 g/mol. The first kappa shape index (κ1) is 17.4. The molecule has 0 bridgehead atoms. The zero-order valence-corrected chi connectivity index (χ0v) is 15.0. The van der Waals surface area contributed by atoms with Crippen LogP contribution in [-0.2, 0) is 11.2 Å². The van der Waals surface area contributed by atoms with Crippen LogP contribution in [0.5, 0.6) is 0 Å². The number of benzene rings is 1. The first-order valence-electron chi connectivity index (χ1n) is 8.22. The van der Waals surface area contributed by atoms with Crippen molar-refractivity contribution in [1.82, 2.24) is 9.80 Å². The third-order valence-corrected chi connectivity index (χ3v) is 5.33. The van der Waals surface area contributed by atoms with Gasteiger partial charge < -0.3 is 4.90 Å². The predicted molar refractivity (Wildman–Crippen MR) is 95.1 cm³/mol. The van der Waals surface area contributed by atoms with Crippen molar-refractivity contribution in [2.45, 2.75) is 51.6 Å². The van der Waals surface area contributed by atoms with Gasteiger partial charge in [0.2, 0.25) is 0 Å². The van der Waals surface area contributed by atoms with Crippen molar-refractivity contribution >= 4 is 17.7 Å². The lowest BCUT2D eigenvalue weighted by molar-refractivity contribution is -0.137. The van der Waals surface area contributed by atoms with Gasteiger partial charge in [-0.25, -0.2) is 0 Å². The largest absolute Gasteiger partial charge is 0.336 e. The van der Waals surface area contributed by atoms with Gasteiger partial charge in [0, 0.05) is 30.9 Å². The van der Waals surface area contributed by atoms with Crippen molar-refractivity contribution < 1.29 is 4.79 Å². The van der Waals surface area contributed by atoms with E-state index in [0.29, 0.717) is 0 Å². The van der Waals surface area contributed by atoms with E-state index in [4.69, 9.17) is 0 Å². The number of hydrogen-bond acceptors (Lipinski definition) is 3. The molecule has 2 rings (SSSR count). The fourth-order valence-electron chi connectivity index (χ4n) is 3.11. The molecule has 1 fully saturated rings. The molecule has 1 saturated heterocycles. The van der Waals surface area contributed by atoms with E-state index in [0.717, 1.165) is 25.3 Å². The van der Waals surface area contributed by atoms with E-state index in [2.05, 4.69) is 56.9 Å². The van der Waals surface area contributed by atoms with E-state index in [9.17, 15) is 4.79 Å². The molecule has 0 saturated carbocycles. The highest BCUT2D eigenvalue weighted by molar-refractivity contribution is 8.00. The Morgan fingerprint density at radius 1 is 1.23 bits per heavy atom. The zero-order valence-electron chi connectivity index (χ0n) is 14.2. The van der Waals surface area contributed by atoms with Crippen LogP contribution < -0.4 is 0 Å². The molecular weight excluding hydrogens is 292 g/mol. The molecule has 122 valence electrons. The quantitative estimate of drug-likeness (QED) is 0.804. The molecule has 3 nitrogen and oxygen atoms in total. The molecule has 1 aliphatic rings. The fraction of sp³-hybridized carbons (Fsp3) is 0.611. The molecule has 1 heterocycles. The van der Waals surface area contributed by atoms with Gasteiger partial charge in [-0.15, -0.1) is 11.8 Å². The first-order valence-corrected chi connectivity index (χ1v) is 9.27. The number of thioether (sulfide) groups is 1. The van der Waals surface area contributed by atoms with Gasteiger partial charge in [0.25, 0.3) is 5.91 Å². The number of nitrogens with zero attached hydrogens (tertiary/aromatic N) is 2. The van der Waals surface area contributed by atoms with Gasteiger partial charge in [0.1, 0.15) is 5.37 Å². The highest BCUT2D eigenvalue weighted by atomic mass is 32.2. The van der Waals surface area contributed by atoms with Crippen LogP contribution in [-0.4, -0.2) is 52.0 Å². The molecular formula is C18H28N2OS. The lowest BCUT2D eigenvalue weighted by Gasteiger charge is -2.35. The summed E-state index contributed by atoms with van der Waals surface area (Å²) in [6.07, 6.45) is 1.01. The van der Waals surface area contributed by atoms with Gasteiger partial charge in [-0.1, -0.05) is 30.3 Å². The van der Waals surface area contributed by atoms with Crippen LogP contribution in [0.2, 0.25) is 0 Å². The van der Waals surface area contributed by atoms with E-state index in [1.807, 2.05) is 11.0 Å². The summed E-state index contributed by atoms with van der Waals surface area (Å²) in [5.41, 5.74) is 1.34. The maximum absolute atomic E-state index is 12.9. The van der Waals surface area contributed by atoms with Crippen molar-refractivity contribution in [2.24, 2.45) is 0 Å². The smallest absolute Gasteiger partial charge is 0.250 e. The third-order valence-electron chi connectivity index (χ3n) is 4.09. The first-order chi connectivity index (χ1) is 10.5. The lowest BCUT2D eigenvalue weighted by Crippen LogP contribution is -2.50. The van der Waals surface area contributed by atoms with E-state index in [1.54, 1.807) is 11.8 Å². The van der Waals surface area contributed by atoms with Gasteiger partial charge in [0.05, 0.1) is 0 Å². The molecule has 1 atom stereocenters. The molecule has 0 spiro atoms. The van der Waals surface area contributed by atoms with Crippen LogP contribution in [0.25, 0.3) is 0 Å². The maximum Gasteiger partial charge on any atom is 0.250 e. The zero-order chi connectivity index (χ0) is 16.1. The number of hydrogen-bond donors (Lipinski definition) is 0. The van der Waals surface area contributed by atoms with Gasteiger partial charge in [-0.3, -0.25) is 9.69 Å². The summed E-state index contributed by atoms with van der Waals surface area (Å²) in [6, 6.07) is 11.0. The Morgan fingerprint density at radius 2 is 1.86 bits per heavy atom. The number of rotatable bonds is 6. The second kappa shape index (κ2) is 8.02. The third kappa shape index (κ3) is 4.26. The molecule has 0 N–H and O–H groups in total. The average Bonchev–Trinajstić information content (AvgIpc) is 2.93. The SMILES string of the molecule is CC(C)N(C(=O)C1SCCN1CCc1ccccc1)C(C)C. The summed E-state index contributed by atoms with van der Waals surface area (Å²) in [7, 11) is 0. The van der Waals surface area contributed by atoms with Crippen molar-refractivity contribution in [3.63, 3.8) is 0 Å². The standard InChI is InChI=1S/C18H28N2OS/c1-14(2)20(15(3)4)17(21)18-19(12-13-22-18)11-10-16-8-6-5-7-9-16/h5-9,14-15,18H,10-13H2,1-4H3. The second-order valence-electron chi connectivity index (χ2n) is 6.43. The highest BCUT2D eigenvalue weighted by Gasteiger charge is 2.35. The maximum atomic E-state index is 12.9. The van der Waals surface area contributed by atoms with Crippen molar-refractivity contribution in [3.05, 3.63) is 35.9 Å². The van der Waals surface area contributed by atoms with Gasteiger partial charge in [-0.05, 0) is 39.7 Å². The minimum Gasteiger partial charge on any atom is -0.336 e. The Labute approximate surface area is 139 Å². The Hall–Kier alpha value is -1.00. The van der Waals surface area contributed by atoms with Crippen molar-refractivity contribution in [2.75, 3.05) is 18.8 Å². The molecule has 1 aromatic rings. The summed E-state index contributed by atoms with van der Waals surface area (Å²) in [5, 5.41) is -0.00601. The van der Waals surface area contributed by atoms with Crippen LogP contribution in [0.1, 0.15) is 33.3 Å². The molecule has 0 radical (unpaired) electrons. The normalized spacial score (nSPS) is 19.1. The molecule has 1 amide bonds. The molecule has 4 heteroatoms. The average molecular weight is 321 g/mol. The molecule has 0 aliphatic carbocycles. The van der Waals surface area contributed by atoms with E-state index >= 15 is 0 Å². The summed E-state index contributed by atoms with van der Waals surface area (Å²) >= 11 is 1.79.